The van der Waals surface area contributed by atoms with E-state index in [2.05, 4.69) is 34.2 Å². The summed E-state index contributed by atoms with van der Waals surface area (Å²) < 4.78 is 0. The fraction of sp³-hybridized carbons (Fsp3) is 0. The predicted molar refractivity (Wildman–Crippen MR) is 43.7 cm³/mol. The highest BCUT2D eigenvalue weighted by Crippen LogP contribution is 1.81. The van der Waals surface area contributed by atoms with Crippen molar-refractivity contribution in [2.24, 2.45) is 0 Å². The molecule has 0 aliphatic carbocycles. The maximum Gasteiger partial charge on any atom is 0.288 e. The van der Waals surface area contributed by atoms with Crippen LogP contribution in [0.25, 0.3) is 0 Å². The topological polar surface area (TPSA) is 25.8 Å². The van der Waals surface area contributed by atoms with Gasteiger partial charge < -0.3 is 0 Å². The highest BCUT2D eigenvalue weighted by atomic mass is 32.1. The van der Waals surface area contributed by atoms with Gasteiger partial charge in [0.15, 0.2) is 0 Å². The van der Waals surface area contributed by atoms with Gasteiger partial charge in [-0.25, -0.2) is 22.4 Å². The van der Waals surface area contributed by atoms with E-state index in [1.165, 1.54) is 6.56 Å². The van der Waals surface area contributed by atoms with Gasteiger partial charge in [0.05, 0.1) is 0 Å². The Morgan fingerprint density at radius 1 is 1.40 bits per heavy atom. The molecule has 0 unspecified atom stereocenters. The summed E-state index contributed by atoms with van der Waals surface area (Å²) in [5, 5.41) is 0. The molecule has 2 nitrogen and oxygen atoms in total. The van der Waals surface area contributed by atoms with Crippen molar-refractivity contribution in [3.63, 3.8) is 0 Å². The van der Waals surface area contributed by atoms with E-state index in [1.54, 1.807) is 18.5 Å². The Morgan fingerprint density at radius 3 is 2.70 bits per heavy atom. The zero-order valence-corrected chi connectivity index (χ0v) is 6.05. The molecule has 1 heterocycles. The largest absolute Gasteiger partial charge is 0.288 e. The third-order valence-corrected chi connectivity index (χ3v) is 0.943. The van der Waals surface area contributed by atoms with E-state index in [-0.39, 0.29) is 0 Å². The van der Waals surface area contributed by atoms with Gasteiger partial charge in [-0.2, -0.15) is 0 Å². The Kier molecular flexibility index (Phi) is 2.84. The summed E-state index contributed by atoms with van der Waals surface area (Å²) in [7, 11) is 0. The lowest BCUT2D eigenvalue weighted by Gasteiger charge is -1.82. The monoisotopic (exact) mass is 147 g/mol. The summed E-state index contributed by atoms with van der Waals surface area (Å²) in [4.78, 5) is 7.76. The highest BCUT2D eigenvalue weighted by Gasteiger charge is 1.82. The van der Waals surface area contributed by atoms with E-state index in [9.17, 15) is 0 Å². The average Bonchev–Trinajstić information content (AvgIpc) is 2.03. The fourth-order valence-corrected chi connectivity index (χ4v) is 0.525. The van der Waals surface area contributed by atoms with Crippen LogP contribution in [-0.4, -0.2) is 16.5 Å². The third-order valence-electron chi connectivity index (χ3n) is 0.814. The summed E-state index contributed by atoms with van der Waals surface area (Å²) in [6, 6.07) is 1.75. The summed E-state index contributed by atoms with van der Waals surface area (Å²) in [6.07, 6.45) is 3.30. The Morgan fingerprint density at radius 2 is 2.10 bits per heavy atom. The maximum atomic E-state index is 3.88. The fourth-order valence-electron chi connectivity index (χ4n) is 0.460. The van der Waals surface area contributed by atoms with Crippen molar-refractivity contribution in [3.8, 4) is 11.7 Å². The second-order valence-electron chi connectivity index (χ2n) is 1.47. The molecule has 0 amide bonds. The molecule has 1 aromatic heterocycles. The van der Waals surface area contributed by atoms with Gasteiger partial charge in [0.25, 0.3) is 6.56 Å². The normalized spacial score (nSPS) is 7.70. The van der Waals surface area contributed by atoms with Crippen LogP contribution >= 0.6 is 12.5 Å². The van der Waals surface area contributed by atoms with Crippen LogP contribution in [0.5, 0.6) is 0 Å². The van der Waals surface area contributed by atoms with Crippen molar-refractivity contribution in [2.75, 3.05) is 0 Å². The summed E-state index contributed by atoms with van der Waals surface area (Å²) in [6.45, 7) is 1.45. The average molecular weight is 147 g/mol. The smallest absolute Gasteiger partial charge is 0.229 e. The molecule has 0 saturated heterocycles. The van der Waals surface area contributed by atoms with Crippen LogP contribution in [0.2, 0.25) is 0 Å². The van der Waals surface area contributed by atoms with Gasteiger partial charge in [-0.1, -0.05) is 0 Å². The van der Waals surface area contributed by atoms with Crippen LogP contribution in [0.15, 0.2) is 18.5 Å². The first-order valence-electron chi connectivity index (χ1n) is 2.68. The minimum atomic E-state index is 0.521. The van der Waals surface area contributed by atoms with Crippen LogP contribution in [0, 0.1) is 11.7 Å². The van der Waals surface area contributed by atoms with Crippen LogP contribution < -0.4 is 0 Å². The van der Waals surface area contributed by atoms with Crippen LogP contribution in [0.1, 0.15) is 5.82 Å². The van der Waals surface area contributed by atoms with E-state index in [4.69, 9.17) is 0 Å². The van der Waals surface area contributed by atoms with Gasteiger partial charge in [0.2, 0.25) is 5.82 Å². The molecule has 4 heteroatoms. The molecule has 1 aromatic rings. The molecule has 0 aromatic carbocycles. The van der Waals surface area contributed by atoms with Crippen LogP contribution in [0.4, 0.5) is 0 Å². The molecular formula is C6H4BN2S. The molecule has 0 saturated carbocycles. The van der Waals surface area contributed by atoms with E-state index >= 15 is 0 Å². The Bertz CT molecular complexity index is 251. The molecular weight excluding hydrogens is 143 g/mol. The van der Waals surface area contributed by atoms with Gasteiger partial charge in [-0.05, 0) is 12.0 Å². The molecule has 1 radical (unpaired) electrons. The second kappa shape index (κ2) is 3.97. The van der Waals surface area contributed by atoms with Crippen LogP contribution in [-0.2, 0) is 0 Å². The van der Waals surface area contributed by atoms with Gasteiger partial charge in [0, 0.05) is 12.4 Å². The zero-order chi connectivity index (χ0) is 7.23. The van der Waals surface area contributed by atoms with Gasteiger partial charge in [-0.15, -0.1) is 5.82 Å². The van der Waals surface area contributed by atoms with Gasteiger partial charge in [0.1, 0.15) is 0 Å². The van der Waals surface area contributed by atoms with Crippen molar-refractivity contribution in [1.29, 1.82) is 0 Å². The number of thiol groups is 1. The molecule has 0 N–H and O–H groups in total. The van der Waals surface area contributed by atoms with Crippen molar-refractivity contribution in [3.05, 3.63) is 24.3 Å². The number of nitrogens with zero attached hydrogens (tertiary/aromatic N) is 2. The lowest BCUT2D eigenvalue weighted by Crippen LogP contribution is -1.84. The second-order valence-corrected chi connectivity index (χ2v) is 1.73. The molecule has 0 atom stereocenters. The molecule has 0 bridgehead atoms. The summed E-state index contributed by atoms with van der Waals surface area (Å²) in [5.41, 5.74) is 0. The first kappa shape index (κ1) is 7.17. The van der Waals surface area contributed by atoms with E-state index in [1.807, 2.05) is 0 Å². The Balaban J connectivity index is 2.76. The molecule has 10 heavy (non-hydrogen) atoms. The standard InChI is InChI=1S/C6H4BN2S/c10-7-3-2-6-8-4-1-5-9-6/h1,4-5,10H. The SMILES string of the molecule is S[B]C#Cc1ncccn1. The van der Waals surface area contributed by atoms with Crippen molar-refractivity contribution in [2.45, 2.75) is 0 Å². The molecule has 0 fully saturated rings. The quantitative estimate of drug-likeness (QED) is 0.325. The molecule has 0 spiro atoms. The molecule has 47 valence electrons. The van der Waals surface area contributed by atoms with E-state index in [0.717, 1.165) is 0 Å². The first-order valence-corrected chi connectivity index (χ1v) is 3.19. The number of aromatic nitrogens is 2. The maximum absolute atomic E-state index is 3.88. The molecule has 1 rings (SSSR count). The highest BCUT2D eigenvalue weighted by molar-refractivity contribution is 8.07. The van der Waals surface area contributed by atoms with Crippen molar-refractivity contribution >= 4 is 19.0 Å². The Hall–Kier alpha value is -0.945. The van der Waals surface area contributed by atoms with Crippen LogP contribution in [0.3, 0.4) is 0 Å². The Labute approximate surface area is 65.6 Å². The van der Waals surface area contributed by atoms with Crippen molar-refractivity contribution in [1.82, 2.24) is 9.97 Å². The van der Waals surface area contributed by atoms with Gasteiger partial charge in [-0.3, -0.25) is 0 Å². The number of rotatable bonds is 0. The number of hydrogen-bond acceptors (Lipinski definition) is 3. The van der Waals surface area contributed by atoms with E-state index < -0.39 is 0 Å². The molecule has 0 aliphatic heterocycles. The minimum Gasteiger partial charge on any atom is -0.229 e. The molecule has 0 aliphatic rings. The number of hydrogen-bond donors (Lipinski definition) is 1. The predicted octanol–water partition coefficient (Wildman–Crippen LogP) is 0.335. The lowest BCUT2D eigenvalue weighted by atomic mass is 10.1. The summed E-state index contributed by atoms with van der Waals surface area (Å²) in [5.74, 6) is 5.84. The third kappa shape index (κ3) is 2.12. The zero-order valence-electron chi connectivity index (χ0n) is 5.15. The lowest BCUT2D eigenvalue weighted by molar-refractivity contribution is 1.13. The summed E-state index contributed by atoms with van der Waals surface area (Å²) >= 11 is 3.80. The van der Waals surface area contributed by atoms with Crippen molar-refractivity contribution < 1.29 is 0 Å². The minimum absolute atomic E-state index is 0.521. The first-order chi connectivity index (χ1) is 4.93. The van der Waals surface area contributed by atoms with E-state index in [0.29, 0.717) is 5.82 Å². The van der Waals surface area contributed by atoms with Gasteiger partial charge >= 0.3 is 0 Å².